The molecule has 7 nitrogen and oxygen atoms in total. The molecule has 1 unspecified atom stereocenters. The van der Waals surface area contributed by atoms with Gasteiger partial charge in [-0.15, -0.1) is 24.0 Å². The molecule has 0 aromatic heterocycles. The Bertz CT molecular complexity index is 588. The average Bonchev–Trinajstić information content (AvgIpc) is 2.54. The molecule has 0 saturated heterocycles. The molecule has 0 aliphatic carbocycles. The predicted octanol–water partition coefficient (Wildman–Crippen LogP) is 2.16. The maximum absolute atomic E-state index is 11.8. The largest absolute Gasteiger partial charge is 0.493 e. The highest BCUT2D eigenvalue weighted by atomic mass is 127. The van der Waals surface area contributed by atoms with E-state index >= 15 is 0 Å². The van der Waals surface area contributed by atoms with Gasteiger partial charge in [0, 0.05) is 12.6 Å². The third-order valence-corrected chi connectivity index (χ3v) is 3.11. The van der Waals surface area contributed by atoms with Gasteiger partial charge in [0.1, 0.15) is 6.10 Å². The van der Waals surface area contributed by atoms with E-state index in [1.807, 2.05) is 52.0 Å². The molecular weight excluding hydrogens is 447 g/mol. The average molecular weight is 478 g/mol. The van der Waals surface area contributed by atoms with Crippen LogP contribution in [0.4, 0.5) is 0 Å². The van der Waals surface area contributed by atoms with Gasteiger partial charge in [-0.1, -0.05) is 12.1 Å². The monoisotopic (exact) mass is 478 g/mol. The van der Waals surface area contributed by atoms with Crippen molar-refractivity contribution in [3.8, 4) is 11.5 Å². The zero-order valence-corrected chi connectivity index (χ0v) is 18.7. The fraction of sp³-hybridized carbons (Fsp3) is 0.556. The lowest BCUT2D eigenvalue weighted by Gasteiger charge is -2.21. The molecule has 0 saturated carbocycles. The molecule has 0 bridgehead atoms. The summed E-state index contributed by atoms with van der Waals surface area (Å²) in [5, 5.41) is 9.00. The molecule has 1 atom stereocenters. The highest BCUT2D eigenvalue weighted by Crippen LogP contribution is 2.26. The van der Waals surface area contributed by atoms with E-state index in [0.717, 1.165) is 0 Å². The van der Waals surface area contributed by atoms with Crippen molar-refractivity contribution in [2.24, 2.45) is 4.99 Å². The van der Waals surface area contributed by atoms with Crippen LogP contribution in [0, 0.1) is 0 Å². The Morgan fingerprint density at radius 1 is 1.19 bits per heavy atom. The summed E-state index contributed by atoms with van der Waals surface area (Å²) in [6.45, 7) is 8.44. The quantitative estimate of drug-likeness (QED) is 0.318. The molecule has 1 rings (SSSR count). The fourth-order valence-corrected chi connectivity index (χ4v) is 2.06. The number of rotatable bonds is 7. The summed E-state index contributed by atoms with van der Waals surface area (Å²) in [7, 11) is 3.27. The Balaban J connectivity index is 0.00000625. The molecule has 0 radical (unpaired) electrons. The molecule has 8 heteroatoms. The molecule has 1 aromatic rings. The maximum atomic E-state index is 11.8. The third-order valence-electron chi connectivity index (χ3n) is 3.11. The number of nitrogens with zero attached hydrogens (tertiary/aromatic N) is 1. The zero-order chi connectivity index (χ0) is 18.9. The minimum absolute atomic E-state index is 0. The molecule has 26 heavy (non-hydrogen) atoms. The van der Waals surface area contributed by atoms with E-state index in [2.05, 4.69) is 20.9 Å². The second kappa shape index (κ2) is 11.8. The van der Waals surface area contributed by atoms with Crippen molar-refractivity contribution in [1.82, 2.24) is 16.0 Å². The Morgan fingerprint density at radius 2 is 1.81 bits per heavy atom. The molecule has 0 spiro atoms. The zero-order valence-electron chi connectivity index (χ0n) is 16.4. The van der Waals surface area contributed by atoms with E-state index in [0.29, 0.717) is 24.0 Å². The first-order valence-electron chi connectivity index (χ1n) is 8.30. The number of aliphatic imine (C=N–C) groups is 1. The van der Waals surface area contributed by atoms with Gasteiger partial charge in [-0.05, 0) is 39.8 Å². The molecule has 0 aliphatic heterocycles. The van der Waals surface area contributed by atoms with Gasteiger partial charge in [-0.3, -0.25) is 9.79 Å². The number of halogens is 1. The van der Waals surface area contributed by atoms with Crippen molar-refractivity contribution < 1.29 is 14.3 Å². The topological polar surface area (TPSA) is 84.0 Å². The molecule has 3 N–H and O–H groups in total. The summed E-state index contributed by atoms with van der Waals surface area (Å²) in [5.74, 6) is 1.83. The van der Waals surface area contributed by atoms with Crippen LogP contribution in [0.25, 0.3) is 0 Å². The number of hydrogen-bond donors (Lipinski definition) is 3. The van der Waals surface area contributed by atoms with Crippen LogP contribution < -0.4 is 25.4 Å². The summed E-state index contributed by atoms with van der Waals surface area (Å²) in [5.41, 5.74) is -0.257. The van der Waals surface area contributed by atoms with E-state index in [1.165, 1.54) is 0 Å². The summed E-state index contributed by atoms with van der Waals surface area (Å²) >= 11 is 0. The van der Waals surface area contributed by atoms with Crippen LogP contribution in [0.15, 0.2) is 29.3 Å². The van der Waals surface area contributed by atoms with Crippen LogP contribution >= 0.6 is 24.0 Å². The first-order chi connectivity index (χ1) is 11.7. The minimum Gasteiger partial charge on any atom is -0.493 e. The second-order valence-electron chi connectivity index (χ2n) is 6.68. The molecule has 1 aromatic carbocycles. The Labute approximate surface area is 173 Å². The predicted molar refractivity (Wildman–Crippen MR) is 116 cm³/mol. The molecule has 148 valence electrons. The van der Waals surface area contributed by atoms with Gasteiger partial charge >= 0.3 is 0 Å². The van der Waals surface area contributed by atoms with Crippen LogP contribution in [0.5, 0.6) is 11.5 Å². The number of benzene rings is 1. The lowest BCUT2D eigenvalue weighted by molar-refractivity contribution is -0.121. The Kier molecular flexibility index (Phi) is 11.0. The number of carbonyl (C=O) groups excluding carboxylic acids is 1. The van der Waals surface area contributed by atoms with Crippen LogP contribution in [0.3, 0.4) is 0 Å². The second-order valence-corrected chi connectivity index (χ2v) is 6.68. The first-order valence-corrected chi connectivity index (χ1v) is 8.30. The van der Waals surface area contributed by atoms with Crippen LogP contribution in [-0.4, -0.2) is 50.8 Å². The van der Waals surface area contributed by atoms with Crippen molar-refractivity contribution in [2.75, 3.05) is 27.2 Å². The smallest absolute Gasteiger partial charge is 0.239 e. The van der Waals surface area contributed by atoms with Gasteiger partial charge in [0.05, 0.1) is 20.2 Å². The van der Waals surface area contributed by atoms with Gasteiger partial charge in [-0.2, -0.15) is 0 Å². The van der Waals surface area contributed by atoms with Crippen LogP contribution in [0.1, 0.15) is 27.7 Å². The minimum atomic E-state index is -0.257. The summed E-state index contributed by atoms with van der Waals surface area (Å²) < 4.78 is 11.1. The third kappa shape index (κ3) is 9.69. The molecule has 1 amide bonds. The highest BCUT2D eigenvalue weighted by Gasteiger charge is 2.14. The Hall–Kier alpha value is -1.71. The van der Waals surface area contributed by atoms with E-state index in [1.54, 1.807) is 14.2 Å². The van der Waals surface area contributed by atoms with E-state index in [4.69, 9.17) is 9.47 Å². The number of ether oxygens (including phenoxy) is 2. The summed E-state index contributed by atoms with van der Waals surface area (Å²) in [6.07, 6.45) is -0.113. The van der Waals surface area contributed by atoms with Crippen molar-refractivity contribution in [2.45, 2.75) is 39.3 Å². The van der Waals surface area contributed by atoms with Gasteiger partial charge in [0.25, 0.3) is 0 Å². The summed E-state index contributed by atoms with van der Waals surface area (Å²) in [6, 6.07) is 7.50. The number of amides is 1. The van der Waals surface area contributed by atoms with E-state index in [9.17, 15) is 4.79 Å². The molecule has 0 aliphatic rings. The maximum Gasteiger partial charge on any atom is 0.239 e. The van der Waals surface area contributed by atoms with Crippen molar-refractivity contribution in [3.63, 3.8) is 0 Å². The molecule has 0 fully saturated rings. The number of para-hydroxylation sites is 2. The number of carbonyl (C=O) groups is 1. The lowest BCUT2D eigenvalue weighted by Crippen LogP contribution is -2.49. The van der Waals surface area contributed by atoms with Crippen molar-refractivity contribution in [3.05, 3.63) is 24.3 Å². The van der Waals surface area contributed by atoms with Crippen molar-refractivity contribution in [1.29, 1.82) is 0 Å². The summed E-state index contributed by atoms with van der Waals surface area (Å²) in [4.78, 5) is 15.9. The van der Waals surface area contributed by atoms with E-state index in [-0.39, 0.29) is 48.1 Å². The number of nitrogens with one attached hydrogen (secondary N) is 3. The highest BCUT2D eigenvalue weighted by molar-refractivity contribution is 14.0. The SMILES string of the molecule is CN=C(NCC(=O)NC(C)(C)C)NCC(C)Oc1ccccc1OC.I. The fourth-order valence-electron chi connectivity index (χ4n) is 2.06. The van der Waals surface area contributed by atoms with Gasteiger partial charge in [0.2, 0.25) is 5.91 Å². The van der Waals surface area contributed by atoms with E-state index < -0.39 is 0 Å². The van der Waals surface area contributed by atoms with Gasteiger partial charge in [-0.25, -0.2) is 0 Å². The number of hydrogen-bond acceptors (Lipinski definition) is 4. The molecular formula is C18H31IN4O3. The Morgan fingerprint density at radius 3 is 2.35 bits per heavy atom. The number of methoxy groups -OCH3 is 1. The van der Waals surface area contributed by atoms with Crippen LogP contribution in [-0.2, 0) is 4.79 Å². The van der Waals surface area contributed by atoms with Crippen molar-refractivity contribution >= 4 is 35.8 Å². The standard InChI is InChI=1S/C18H30N4O3.HI/c1-13(25-15-10-8-7-9-14(15)24-6)11-20-17(19-5)21-12-16(23)22-18(2,3)4;/h7-10,13H,11-12H2,1-6H3,(H,22,23)(H2,19,20,21);1H. The normalized spacial score (nSPS) is 12.5. The first kappa shape index (κ1) is 24.3. The number of guanidine groups is 1. The van der Waals surface area contributed by atoms with Gasteiger partial charge < -0.3 is 25.4 Å². The molecule has 0 heterocycles. The van der Waals surface area contributed by atoms with Crippen LogP contribution in [0.2, 0.25) is 0 Å². The lowest BCUT2D eigenvalue weighted by atomic mass is 10.1. The van der Waals surface area contributed by atoms with Gasteiger partial charge in [0.15, 0.2) is 17.5 Å².